The van der Waals surface area contributed by atoms with Gasteiger partial charge >= 0.3 is 5.00 Å². The Labute approximate surface area is 125 Å². The first-order chi connectivity index (χ1) is 10.1. The molecule has 0 spiro atoms. The van der Waals surface area contributed by atoms with Crippen LogP contribution < -0.4 is 5.32 Å². The van der Waals surface area contributed by atoms with Crippen molar-refractivity contribution in [1.82, 2.24) is 4.98 Å². The molecule has 0 atom stereocenters. The zero-order valence-electron chi connectivity index (χ0n) is 11.4. The molecule has 0 radical (unpaired) electrons. The molecule has 0 fully saturated rings. The summed E-state index contributed by atoms with van der Waals surface area (Å²) in [4.78, 5) is 14.7. The topological polar surface area (TPSA) is 68.1 Å². The zero-order valence-corrected chi connectivity index (χ0v) is 12.2. The van der Waals surface area contributed by atoms with Gasteiger partial charge in [-0.05, 0) is 36.2 Å². The maximum atomic E-state index is 10.7. The molecule has 0 amide bonds. The van der Waals surface area contributed by atoms with E-state index in [0.29, 0.717) is 6.54 Å². The lowest BCUT2D eigenvalue weighted by atomic mass is 10.1. The molecule has 3 aromatic rings. The number of anilines is 1. The first-order valence-electron chi connectivity index (χ1n) is 6.45. The van der Waals surface area contributed by atoms with Crippen molar-refractivity contribution in [3.05, 3.63) is 63.1 Å². The minimum Gasteiger partial charge on any atom is -0.380 e. The number of pyridine rings is 1. The normalized spacial score (nSPS) is 10.7. The smallest absolute Gasteiger partial charge is 0.324 e. The predicted molar refractivity (Wildman–Crippen MR) is 84.8 cm³/mol. The van der Waals surface area contributed by atoms with Crippen LogP contribution in [0, 0.1) is 17.0 Å². The van der Waals surface area contributed by atoms with Crippen LogP contribution in [0.1, 0.15) is 11.1 Å². The van der Waals surface area contributed by atoms with E-state index < -0.39 is 0 Å². The standard InChI is InChI=1S/C15H13N3O2S/c1-10-4-5-13(12-3-2-6-16-15(10)12)17-8-11-7-14(18(19)20)21-9-11/h2-7,9,17H,8H2,1H3. The zero-order chi connectivity index (χ0) is 14.8. The Kier molecular flexibility index (Phi) is 3.53. The molecule has 0 bridgehead atoms. The average molecular weight is 299 g/mol. The molecule has 0 saturated carbocycles. The molecule has 3 rings (SSSR count). The summed E-state index contributed by atoms with van der Waals surface area (Å²) in [7, 11) is 0. The van der Waals surface area contributed by atoms with Crippen LogP contribution in [0.4, 0.5) is 10.7 Å². The number of aromatic nitrogens is 1. The van der Waals surface area contributed by atoms with Gasteiger partial charge in [-0.25, -0.2) is 0 Å². The molecule has 1 N–H and O–H groups in total. The number of nitro groups is 1. The number of hydrogen-bond donors (Lipinski definition) is 1. The van der Waals surface area contributed by atoms with Crippen LogP contribution in [0.2, 0.25) is 0 Å². The van der Waals surface area contributed by atoms with Gasteiger partial charge in [0.2, 0.25) is 0 Å². The lowest BCUT2D eigenvalue weighted by Gasteiger charge is -2.10. The summed E-state index contributed by atoms with van der Waals surface area (Å²) in [5.41, 5.74) is 3.99. The Hall–Kier alpha value is -2.47. The fraction of sp³-hybridized carbons (Fsp3) is 0.133. The Morgan fingerprint density at radius 3 is 3.00 bits per heavy atom. The number of benzene rings is 1. The van der Waals surface area contributed by atoms with Gasteiger partial charge in [-0.2, -0.15) is 0 Å². The van der Waals surface area contributed by atoms with Crippen LogP contribution in [0.15, 0.2) is 41.9 Å². The summed E-state index contributed by atoms with van der Waals surface area (Å²) in [6.07, 6.45) is 1.78. The number of rotatable bonds is 4. The van der Waals surface area contributed by atoms with E-state index in [4.69, 9.17) is 0 Å². The third-order valence-electron chi connectivity index (χ3n) is 3.27. The lowest BCUT2D eigenvalue weighted by Crippen LogP contribution is -1.99. The summed E-state index contributed by atoms with van der Waals surface area (Å²) in [5.74, 6) is 0. The molecule has 5 nitrogen and oxygen atoms in total. The van der Waals surface area contributed by atoms with Crippen LogP contribution in [-0.2, 0) is 6.54 Å². The largest absolute Gasteiger partial charge is 0.380 e. The van der Waals surface area contributed by atoms with E-state index >= 15 is 0 Å². The average Bonchev–Trinajstić information content (AvgIpc) is 2.96. The second-order valence-corrected chi connectivity index (χ2v) is 5.62. The van der Waals surface area contributed by atoms with Gasteiger partial charge in [0, 0.05) is 35.3 Å². The number of fused-ring (bicyclic) bond motifs is 1. The molecule has 0 unspecified atom stereocenters. The summed E-state index contributed by atoms with van der Waals surface area (Å²) >= 11 is 1.15. The maximum absolute atomic E-state index is 10.7. The van der Waals surface area contributed by atoms with E-state index in [1.54, 1.807) is 17.6 Å². The highest BCUT2D eigenvalue weighted by Gasteiger charge is 2.10. The van der Waals surface area contributed by atoms with Crippen LogP contribution >= 0.6 is 11.3 Å². The van der Waals surface area contributed by atoms with Crippen molar-refractivity contribution >= 4 is 32.9 Å². The first kappa shape index (κ1) is 13.5. The van der Waals surface area contributed by atoms with Gasteiger partial charge in [-0.3, -0.25) is 15.1 Å². The van der Waals surface area contributed by atoms with E-state index in [1.807, 2.05) is 31.2 Å². The molecule has 0 aliphatic rings. The fourth-order valence-corrected chi connectivity index (χ4v) is 2.95. The first-order valence-corrected chi connectivity index (χ1v) is 7.33. The van der Waals surface area contributed by atoms with Gasteiger partial charge in [0.05, 0.1) is 10.4 Å². The van der Waals surface area contributed by atoms with E-state index in [-0.39, 0.29) is 9.92 Å². The summed E-state index contributed by atoms with van der Waals surface area (Å²) < 4.78 is 0. The van der Waals surface area contributed by atoms with E-state index in [0.717, 1.165) is 39.1 Å². The number of nitrogens with zero attached hydrogens (tertiary/aromatic N) is 2. The molecule has 2 aromatic heterocycles. The second kappa shape index (κ2) is 5.49. The van der Waals surface area contributed by atoms with Gasteiger partial charge in [-0.1, -0.05) is 17.4 Å². The summed E-state index contributed by atoms with van der Waals surface area (Å²) in [6, 6.07) is 9.57. The SMILES string of the molecule is Cc1ccc(NCc2csc([N+](=O)[O-])c2)c2cccnc12. The van der Waals surface area contributed by atoms with Gasteiger partial charge in [-0.15, -0.1) is 0 Å². The molecule has 106 valence electrons. The molecule has 0 aliphatic heterocycles. The highest BCUT2D eigenvalue weighted by Crippen LogP contribution is 2.27. The van der Waals surface area contributed by atoms with Crippen molar-refractivity contribution < 1.29 is 4.92 Å². The lowest BCUT2D eigenvalue weighted by molar-refractivity contribution is -0.380. The number of aryl methyl sites for hydroxylation is 1. The highest BCUT2D eigenvalue weighted by atomic mass is 32.1. The quantitative estimate of drug-likeness (QED) is 0.581. The second-order valence-electron chi connectivity index (χ2n) is 4.73. The molecular formula is C15H13N3O2S. The van der Waals surface area contributed by atoms with Gasteiger partial charge < -0.3 is 5.32 Å². The van der Waals surface area contributed by atoms with Crippen molar-refractivity contribution in [3.8, 4) is 0 Å². The van der Waals surface area contributed by atoms with Crippen molar-refractivity contribution in [3.63, 3.8) is 0 Å². The van der Waals surface area contributed by atoms with Crippen LogP contribution in [-0.4, -0.2) is 9.91 Å². The highest BCUT2D eigenvalue weighted by molar-refractivity contribution is 7.13. The summed E-state index contributed by atoms with van der Waals surface area (Å²) in [5, 5.41) is 17.0. The van der Waals surface area contributed by atoms with E-state index in [1.165, 1.54) is 0 Å². The van der Waals surface area contributed by atoms with Gasteiger partial charge in [0.15, 0.2) is 0 Å². The number of thiophene rings is 1. The van der Waals surface area contributed by atoms with Crippen molar-refractivity contribution in [1.29, 1.82) is 0 Å². The Morgan fingerprint density at radius 2 is 2.24 bits per heavy atom. The predicted octanol–water partition coefficient (Wildman–Crippen LogP) is 4.13. The third kappa shape index (κ3) is 2.71. The molecule has 21 heavy (non-hydrogen) atoms. The van der Waals surface area contributed by atoms with E-state index in [9.17, 15) is 10.1 Å². The van der Waals surface area contributed by atoms with Crippen molar-refractivity contribution in [2.45, 2.75) is 13.5 Å². The fourth-order valence-electron chi connectivity index (χ4n) is 2.22. The molecule has 2 heterocycles. The molecular weight excluding hydrogens is 286 g/mol. The third-order valence-corrected chi connectivity index (χ3v) is 4.20. The molecule has 0 aliphatic carbocycles. The minimum absolute atomic E-state index is 0.169. The van der Waals surface area contributed by atoms with Crippen molar-refractivity contribution in [2.24, 2.45) is 0 Å². The van der Waals surface area contributed by atoms with Gasteiger partial charge in [0.1, 0.15) is 0 Å². The number of nitrogens with one attached hydrogen (secondary N) is 1. The minimum atomic E-state index is -0.362. The number of hydrogen-bond acceptors (Lipinski definition) is 5. The van der Waals surface area contributed by atoms with Gasteiger partial charge in [0.25, 0.3) is 0 Å². The van der Waals surface area contributed by atoms with Crippen LogP contribution in [0.25, 0.3) is 10.9 Å². The maximum Gasteiger partial charge on any atom is 0.324 e. The Morgan fingerprint density at radius 1 is 1.38 bits per heavy atom. The monoisotopic (exact) mass is 299 g/mol. The molecule has 0 saturated heterocycles. The van der Waals surface area contributed by atoms with Crippen LogP contribution in [0.5, 0.6) is 0 Å². The van der Waals surface area contributed by atoms with Crippen molar-refractivity contribution in [2.75, 3.05) is 5.32 Å². The van der Waals surface area contributed by atoms with E-state index in [2.05, 4.69) is 10.3 Å². The summed E-state index contributed by atoms with van der Waals surface area (Å²) in [6.45, 7) is 2.58. The molecule has 1 aromatic carbocycles. The molecule has 6 heteroatoms. The van der Waals surface area contributed by atoms with Crippen LogP contribution in [0.3, 0.4) is 0 Å². The Balaban J connectivity index is 1.85. The Bertz CT molecular complexity index is 814.